The lowest BCUT2D eigenvalue weighted by molar-refractivity contribution is -0.127. The number of methoxy groups -OCH3 is 1. The van der Waals surface area contributed by atoms with Crippen molar-refractivity contribution in [1.29, 1.82) is 0 Å². The quantitative estimate of drug-likeness (QED) is 0.267. The van der Waals surface area contributed by atoms with Crippen molar-refractivity contribution in [3.05, 3.63) is 88.3 Å². The number of imide groups is 1. The fourth-order valence-corrected chi connectivity index (χ4v) is 4.87. The zero-order valence-corrected chi connectivity index (χ0v) is 22.3. The molecule has 0 aliphatic carbocycles. The molecule has 0 saturated carbocycles. The van der Waals surface area contributed by atoms with Gasteiger partial charge in [0.1, 0.15) is 13.2 Å². The first-order chi connectivity index (χ1) is 17.9. The minimum absolute atomic E-state index is 0.234. The molecule has 3 amide bonds. The summed E-state index contributed by atoms with van der Waals surface area (Å²) in [5, 5.41) is 2.25. The van der Waals surface area contributed by atoms with Crippen LogP contribution in [0, 0.1) is 6.92 Å². The summed E-state index contributed by atoms with van der Waals surface area (Å²) in [5.41, 5.74) is 3.49. The molecule has 4 rings (SSSR count). The van der Waals surface area contributed by atoms with Crippen molar-refractivity contribution < 1.29 is 23.9 Å². The molecule has 1 saturated heterocycles. The number of anilines is 1. The Hall–Kier alpha value is -3.69. The number of hydrogen-bond acceptors (Lipinski definition) is 7. The predicted octanol–water partition coefficient (Wildman–Crippen LogP) is 5.98. The maximum Gasteiger partial charge on any atom is 0.294 e. The van der Waals surface area contributed by atoms with E-state index in [4.69, 9.17) is 9.47 Å². The van der Waals surface area contributed by atoms with Crippen molar-refractivity contribution >= 4 is 52.3 Å². The van der Waals surface area contributed by atoms with Crippen molar-refractivity contribution in [2.45, 2.75) is 18.4 Å². The number of amides is 3. The maximum atomic E-state index is 12.9. The minimum Gasteiger partial charge on any atom is -0.493 e. The molecule has 1 fully saturated rings. The molecule has 1 aliphatic rings. The summed E-state index contributed by atoms with van der Waals surface area (Å²) < 4.78 is 11.4. The molecule has 3 aromatic rings. The van der Waals surface area contributed by atoms with Gasteiger partial charge in [-0.2, -0.15) is 0 Å². The largest absolute Gasteiger partial charge is 0.493 e. The van der Waals surface area contributed by atoms with Crippen LogP contribution in [0.25, 0.3) is 6.08 Å². The van der Waals surface area contributed by atoms with Crippen LogP contribution in [0.15, 0.2) is 76.5 Å². The number of aryl methyl sites for hydroxylation is 1. The van der Waals surface area contributed by atoms with Crippen molar-refractivity contribution in [2.24, 2.45) is 0 Å². The van der Waals surface area contributed by atoms with Gasteiger partial charge >= 0.3 is 0 Å². The van der Waals surface area contributed by atoms with E-state index in [1.807, 2.05) is 55.6 Å². The molecule has 1 heterocycles. The molecule has 1 aliphatic heterocycles. The first kappa shape index (κ1) is 26.4. The van der Waals surface area contributed by atoms with Gasteiger partial charge < -0.3 is 14.8 Å². The van der Waals surface area contributed by atoms with Gasteiger partial charge in [-0.25, -0.2) is 0 Å². The Morgan fingerprint density at radius 2 is 1.84 bits per heavy atom. The minimum atomic E-state index is -0.512. The highest BCUT2D eigenvalue weighted by Gasteiger charge is 2.36. The predicted molar refractivity (Wildman–Crippen MR) is 148 cm³/mol. The van der Waals surface area contributed by atoms with E-state index in [2.05, 4.69) is 5.32 Å². The summed E-state index contributed by atoms with van der Waals surface area (Å²) >= 11 is 2.35. The second kappa shape index (κ2) is 12.0. The molecule has 0 aromatic heterocycles. The van der Waals surface area contributed by atoms with Crippen molar-refractivity contribution in [3.63, 3.8) is 0 Å². The normalized spacial score (nSPS) is 14.2. The lowest BCUT2D eigenvalue weighted by Gasteiger charge is -2.13. The van der Waals surface area contributed by atoms with Crippen LogP contribution in [-0.2, 0) is 16.2 Å². The number of thioether (sulfide) groups is 2. The standard InChI is InChI=1S/C28H26N2O5S2/c1-18-7-9-19(10-8-18)17-35-23-12-11-20(13-24(23)34-2)14-25-27(32)30(28(33)37-25)16-26(31)29-21-5-4-6-22(15-21)36-3/h4-15H,16-17H2,1-3H3,(H,29,31)/b25-14+. The van der Waals surface area contributed by atoms with Crippen LogP contribution in [0.5, 0.6) is 11.5 Å². The highest BCUT2D eigenvalue weighted by Crippen LogP contribution is 2.35. The van der Waals surface area contributed by atoms with Gasteiger partial charge in [-0.1, -0.05) is 42.0 Å². The zero-order chi connectivity index (χ0) is 26.4. The average Bonchev–Trinajstić information content (AvgIpc) is 3.15. The molecule has 0 atom stereocenters. The number of benzene rings is 3. The van der Waals surface area contributed by atoms with Gasteiger partial charge in [-0.3, -0.25) is 19.3 Å². The first-order valence-electron chi connectivity index (χ1n) is 11.4. The molecular formula is C28H26N2O5S2. The second-order valence-corrected chi connectivity index (χ2v) is 10.1. The van der Waals surface area contributed by atoms with E-state index in [0.717, 1.165) is 27.1 Å². The van der Waals surface area contributed by atoms with E-state index in [-0.39, 0.29) is 11.4 Å². The summed E-state index contributed by atoms with van der Waals surface area (Å²) in [6.07, 6.45) is 3.55. The van der Waals surface area contributed by atoms with E-state index in [9.17, 15) is 14.4 Å². The molecule has 190 valence electrons. The third kappa shape index (κ3) is 6.75. The summed E-state index contributed by atoms with van der Waals surface area (Å²) in [7, 11) is 1.54. The SMILES string of the molecule is COc1cc(/C=C2/SC(=O)N(CC(=O)Nc3cccc(SC)c3)C2=O)ccc1OCc1ccc(C)cc1. The van der Waals surface area contributed by atoms with Crippen LogP contribution in [-0.4, -0.2) is 41.9 Å². The highest BCUT2D eigenvalue weighted by molar-refractivity contribution is 8.18. The monoisotopic (exact) mass is 534 g/mol. The van der Waals surface area contributed by atoms with E-state index < -0.39 is 17.1 Å². The molecule has 0 unspecified atom stereocenters. The molecule has 0 bridgehead atoms. The van der Waals surface area contributed by atoms with Gasteiger partial charge in [0.2, 0.25) is 5.91 Å². The van der Waals surface area contributed by atoms with Crippen LogP contribution in [0.1, 0.15) is 16.7 Å². The molecular weight excluding hydrogens is 508 g/mol. The summed E-state index contributed by atoms with van der Waals surface area (Å²) in [6.45, 7) is 2.06. The van der Waals surface area contributed by atoms with Gasteiger partial charge in [0.25, 0.3) is 11.1 Å². The highest BCUT2D eigenvalue weighted by atomic mass is 32.2. The Morgan fingerprint density at radius 3 is 2.57 bits per heavy atom. The number of nitrogens with one attached hydrogen (secondary N) is 1. The maximum absolute atomic E-state index is 12.9. The van der Waals surface area contributed by atoms with Crippen LogP contribution in [0.2, 0.25) is 0 Å². The fourth-order valence-electron chi connectivity index (χ4n) is 3.57. The summed E-state index contributed by atoms with van der Waals surface area (Å²) in [6, 6.07) is 20.7. The number of nitrogens with zero attached hydrogens (tertiary/aromatic N) is 1. The Kier molecular flexibility index (Phi) is 8.58. The number of rotatable bonds is 9. The third-order valence-electron chi connectivity index (χ3n) is 5.53. The van der Waals surface area contributed by atoms with Gasteiger partial charge in [0.05, 0.1) is 12.0 Å². The van der Waals surface area contributed by atoms with Gasteiger partial charge in [0, 0.05) is 10.6 Å². The summed E-state index contributed by atoms with van der Waals surface area (Å²) in [5.74, 6) is 0.114. The number of ether oxygens (including phenoxy) is 2. The van der Waals surface area contributed by atoms with E-state index in [1.54, 1.807) is 49.2 Å². The average molecular weight is 535 g/mol. The second-order valence-electron chi connectivity index (χ2n) is 8.23. The Balaban J connectivity index is 1.41. The van der Waals surface area contributed by atoms with Crippen LogP contribution in [0.4, 0.5) is 10.5 Å². The molecule has 1 N–H and O–H groups in total. The van der Waals surface area contributed by atoms with Crippen LogP contribution in [0.3, 0.4) is 0 Å². The molecule has 0 spiro atoms. The van der Waals surface area contributed by atoms with Crippen LogP contribution < -0.4 is 14.8 Å². The molecule has 3 aromatic carbocycles. The van der Waals surface area contributed by atoms with E-state index >= 15 is 0 Å². The molecule has 9 heteroatoms. The summed E-state index contributed by atoms with van der Waals surface area (Å²) in [4.78, 5) is 40.1. The number of hydrogen-bond donors (Lipinski definition) is 1. The van der Waals surface area contributed by atoms with Gasteiger partial charge in [-0.05, 0) is 72.5 Å². The van der Waals surface area contributed by atoms with E-state index in [1.165, 1.54) is 5.56 Å². The Morgan fingerprint density at radius 1 is 1.05 bits per heavy atom. The van der Waals surface area contributed by atoms with Gasteiger partial charge in [-0.15, -0.1) is 11.8 Å². The lowest BCUT2D eigenvalue weighted by atomic mass is 10.1. The Labute approximate surface area is 224 Å². The molecule has 37 heavy (non-hydrogen) atoms. The Bertz CT molecular complexity index is 1350. The molecule has 7 nitrogen and oxygen atoms in total. The fraction of sp³-hybridized carbons (Fsp3) is 0.179. The zero-order valence-electron chi connectivity index (χ0n) is 20.6. The van der Waals surface area contributed by atoms with Crippen molar-refractivity contribution in [1.82, 2.24) is 4.90 Å². The first-order valence-corrected chi connectivity index (χ1v) is 13.5. The van der Waals surface area contributed by atoms with Crippen LogP contribution >= 0.6 is 23.5 Å². The smallest absolute Gasteiger partial charge is 0.294 e. The lowest BCUT2D eigenvalue weighted by Crippen LogP contribution is -2.36. The number of carbonyl (C=O) groups excluding carboxylic acids is 3. The molecule has 0 radical (unpaired) electrons. The van der Waals surface area contributed by atoms with Crippen molar-refractivity contribution in [2.75, 3.05) is 25.2 Å². The van der Waals surface area contributed by atoms with Crippen molar-refractivity contribution in [3.8, 4) is 11.5 Å². The third-order valence-corrected chi connectivity index (χ3v) is 7.16. The van der Waals surface area contributed by atoms with Gasteiger partial charge in [0.15, 0.2) is 11.5 Å². The van der Waals surface area contributed by atoms with E-state index in [0.29, 0.717) is 29.4 Å². The number of carbonyl (C=O) groups is 3. The topological polar surface area (TPSA) is 84.9 Å².